The van der Waals surface area contributed by atoms with E-state index in [9.17, 15) is 9.59 Å². The number of rotatable bonds is 9. The molecule has 0 fully saturated rings. The zero-order valence-electron chi connectivity index (χ0n) is 18.1. The monoisotopic (exact) mass is 475 g/mol. The van der Waals surface area contributed by atoms with E-state index >= 15 is 0 Å². The number of nitrogens with one attached hydrogen (secondary N) is 1. The maximum Gasteiger partial charge on any atom is 0.257 e. The number of amides is 1. The van der Waals surface area contributed by atoms with Gasteiger partial charge in [-0.05, 0) is 49.0 Å². The molecule has 1 N–H and O–H groups in total. The lowest BCUT2D eigenvalue weighted by Crippen LogP contribution is -2.30. The number of imidazole rings is 1. The van der Waals surface area contributed by atoms with E-state index in [0.717, 1.165) is 55.3 Å². The third kappa shape index (κ3) is 4.57. The van der Waals surface area contributed by atoms with Crippen LogP contribution in [0.2, 0.25) is 10.0 Å². The summed E-state index contributed by atoms with van der Waals surface area (Å²) in [5.74, 6) is 0.325. The summed E-state index contributed by atoms with van der Waals surface area (Å²) in [7, 11) is 0. The number of aryl methyl sites for hydroxylation is 1. The van der Waals surface area contributed by atoms with Crippen LogP contribution in [0.4, 0.5) is 0 Å². The van der Waals surface area contributed by atoms with Crippen LogP contribution < -0.4 is 10.1 Å². The van der Waals surface area contributed by atoms with Gasteiger partial charge >= 0.3 is 0 Å². The van der Waals surface area contributed by atoms with E-state index in [1.165, 1.54) is 0 Å². The third-order valence-corrected chi connectivity index (χ3v) is 7.19. The lowest BCUT2D eigenvalue weighted by atomic mass is 9.70. The third-order valence-electron chi connectivity index (χ3n) is 6.34. The molecule has 0 bridgehead atoms. The van der Waals surface area contributed by atoms with E-state index in [2.05, 4.69) is 17.2 Å². The summed E-state index contributed by atoms with van der Waals surface area (Å²) in [6.07, 6.45) is 12.1. The van der Waals surface area contributed by atoms with Gasteiger partial charge in [-0.3, -0.25) is 9.59 Å². The Morgan fingerprint density at radius 2 is 2.19 bits per heavy atom. The van der Waals surface area contributed by atoms with Gasteiger partial charge in [0.25, 0.3) is 5.91 Å². The summed E-state index contributed by atoms with van der Waals surface area (Å²) in [6.45, 7) is 3.34. The fourth-order valence-corrected chi connectivity index (χ4v) is 5.41. The first-order valence-corrected chi connectivity index (χ1v) is 11.8. The standard InChI is InChI=1S/C24H27Cl2N3O3/c1-2-5-24-6-4-17(30)12-18(24)21-16(13-24)11-19(22(25)23(21)26)32-14-20(31)28-7-3-9-29-10-8-27-15-29/h8,10-12,15H,2-7,9,13-14H2,1H3,(H,28,31). The Kier molecular flexibility index (Phi) is 6.91. The van der Waals surface area contributed by atoms with Crippen molar-refractivity contribution in [1.29, 1.82) is 0 Å². The van der Waals surface area contributed by atoms with Crippen LogP contribution in [0.1, 0.15) is 50.2 Å². The first-order valence-electron chi connectivity index (χ1n) is 11.0. The maximum absolute atomic E-state index is 12.2. The molecule has 6 nitrogen and oxygen atoms in total. The highest BCUT2D eigenvalue weighted by molar-refractivity contribution is 6.44. The summed E-state index contributed by atoms with van der Waals surface area (Å²) in [5.41, 5.74) is 2.85. The number of benzene rings is 1. The molecular weight excluding hydrogens is 449 g/mol. The van der Waals surface area contributed by atoms with Crippen molar-refractivity contribution in [2.45, 2.75) is 52.0 Å². The van der Waals surface area contributed by atoms with Crippen molar-refractivity contribution in [3.8, 4) is 5.75 Å². The molecule has 2 aliphatic carbocycles. The van der Waals surface area contributed by atoms with E-state index in [0.29, 0.717) is 23.7 Å². The van der Waals surface area contributed by atoms with E-state index in [4.69, 9.17) is 27.9 Å². The van der Waals surface area contributed by atoms with Crippen molar-refractivity contribution < 1.29 is 14.3 Å². The number of carbonyl (C=O) groups excluding carboxylic acids is 2. The number of nitrogens with zero attached hydrogens (tertiary/aromatic N) is 2. The highest BCUT2D eigenvalue weighted by Gasteiger charge is 2.45. The second-order valence-electron chi connectivity index (χ2n) is 8.56. The average Bonchev–Trinajstić information content (AvgIpc) is 3.39. The largest absolute Gasteiger partial charge is 0.482 e. The minimum absolute atomic E-state index is 0.0663. The van der Waals surface area contributed by atoms with Gasteiger partial charge in [0.2, 0.25) is 0 Å². The van der Waals surface area contributed by atoms with Crippen LogP contribution in [0.3, 0.4) is 0 Å². The predicted molar refractivity (Wildman–Crippen MR) is 125 cm³/mol. The molecule has 1 aromatic carbocycles. The van der Waals surface area contributed by atoms with Gasteiger partial charge in [0.15, 0.2) is 12.4 Å². The second kappa shape index (κ2) is 9.67. The quantitative estimate of drug-likeness (QED) is 0.525. The molecule has 0 saturated carbocycles. The van der Waals surface area contributed by atoms with Crippen molar-refractivity contribution in [3.05, 3.63) is 52.0 Å². The number of halogens is 2. The molecule has 0 saturated heterocycles. The molecular formula is C24H27Cl2N3O3. The van der Waals surface area contributed by atoms with Crippen molar-refractivity contribution in [2.24, 2.45) is 5.41 Å². The van der Waals surface area contributed by atoms with Crippen LogP contribution in [-0.4, -0.2) is 34.4 Å². The number of hydrogen-bond donors (Lipinski definition) is 1. The fraction of sp³-hybridized carbons (Fsp3) is 0.458. The number of allylic oxidation sites excluding steroid dienone is 2. The molecule has 1 amide bonds. The molecule has 1 heterocycles. The highest BCUT2D eigenvalue weighted by atomic mass is 35.5. The van der Waals surface area contributed by atoms with Crippen LogP contribution in [0.15, 0.2) is 30.9 Å². The Bertz CT molecular complexity index is 1050. The van der Waals surface area contributed by atoms with E-state index in [1.54, 1.807) is 18.6 Å². The van der Waals surface area contributed by atoms with Gasteiger partial charge in [-0.25, -0.2) is 4.98 Å². The van der Waals surface area contributed by atoms with Gasteiger partial charge < -0.3 is 14.6 Å². The predicted octanol–water partition coefficient (Wildman–Crippen LogP) is 4.86. The SMILES string of the molecule is CCCC12CCC(=O)C=C1c1c(cc(OCC(=O)NCCCn3ccnc3)c(Cl)c1Cl)C2. The van der Waals surface area contributed by atoms with E-state index in [1.807, 2.05) is 16.8 Å². The summed E-state index contributed by atoms with van der Waals surface area (Å²) in [5, 5.41) is 3.53. The molecule has 32 heavy (non-hydrogen) atoms. The van der Waals surface area contributed by atoms with Gasteiger partial charge in [-0.2, -0.15) is 0 Å². The van der Waals surface area contributed by atoms with Gasteiger partial charge in [-0.1, -0.05) is 36.5 Å². The number of ketones is 1. The second-order valence-corrected chi connectivity index (χ2v) is 9.32. The summed E-state index contributed by atoms with van der Waals surface area (Å²) >= 11 is 13.2. The molecule has 0 aliphatic heterocycles. The Balaban J connectivity index is 1.42. The van der Waals surface area contributed by atoms with Crippen LogP contribution in [0, 0.1) is 5.41 Å². The molecule has 8 heteroatoms. The van der Waals surface area contributed by atoms with Gasteiger partial charge in [0.1, 0.15) is 10.8 Å². The fourth-order valence-electron chi connectivity index (χ4n) is 4.89. The lowest BCUT2D eigenvalue weighted by molar-refractivity contribution is -0.123. The lowest BCUT2D eigenvalue weighted by Gasteiger charge is -2.33. The first kappa shape index (κ1) is 22.9. The van der Waals surface area contributed by atoms with E-state index < -0.39 is 0 Å². The van der Waals surface area contributed by atoms with Crippen LogP contribution in [-0.2, 0) is 22.6 Å². The van der Waals surface area contributed by atoms with Crippen molar-refractivity contribution in [2.75, 3.05) is 13.2 Å². The van der Waals surface area contributed by atoms with Crippen molar-refractivity contribution in [3.63, 3.8) is 0 Å². The molecule has 0 radical (unpaired) electrons. The number of hydrogen-bond acceptors (Lipinski definition) is 4. The number of fused-ring (bicyclic) bond motifs is 3. The average molecular weight is 476 g/mol. The Hall–Kier alpha value is -2.31. The first-order chi connectivity index (χ1) is 15.4. The van der Waals surface area contributed by atoms with Crippen LogP contribution in [0.25, 0.3) is 5.57 Å². The molecule has 2 aliphatic rings. The summed E-state index contributed by atoms with van der Waals surface area (Å²) in [4.78, 5) is 28.4. The molecule has 170 valence electrons. The van der Waals surface area contributed by atoms with Crippen molar-refractivity contribution in [1.82, 2.24) is 14.9 Å². The smallest absolute Gasteiger partial charge is 0.257 e. The van der Waals surface area contributed by atoms with Gasteiger partial charge in [-0.15, -0.1) is 0 Å². The zero-order valence-corrected chi connectivity index (χ0v) is 19.6. The Labute approximate surface area is 197 Å². The zero-order chi connectivity index (χ0) is 22.7. The van der Waals surface area contributed by atoms with Crippen LogP contribution in [0.5, 0.6) is 5.75 Å². The Morgan fingerprint density at radius 3 is 2.94 bits per heavy atom. The number of carbonyl (C=O) groups is 2. The molecule has 1 atom stereocenters. The summed E-state index contributed by atoms with van der Waals surface area (Å²) < 4.78 is 7.70. The minimum atomic E-state index is -0.215. The highest BCUT2D eigenvalue weighted by Crippen LogP contribution is 2.58. The minimum Gasteiger partial charge on any atom is -0.482 e. The Morgan fingerprint density at radius 1 is 1.34 bits per heavy atom. The van der Waals surface area contributed by atoms with Crippen molar-refractivity contribution >= 4 is 40.5 Å². The topological polar surface area (TPSA) is 73.2 Å². The number of aromatic nitrogens is 2. The van der Waals surface area contributed by atoms with Gasteiger partial charge in [0.05, 0.1) is 11.3 Å². The molecule has 1 unspecified atom stereocenters. The molecule has 4 rings (SSSR count). The van der Waals surface area contributed by atoms with Gasteiger partial charge in [0, 0.05) is 42.9 Å². The maximum atomic E-state index is 12.2. The van der Waals surface area contributed by atoms with E-state index in [-0.39, 0.29) is 28.7 Å². The molecule has 2 aromatic rings. The summed E-state index contributed by atoms with van der Waals surface area (Å²) in [6, 6.07) is 1.89. The molecule has 1 aromatic heterocycles. The number of ether oxygens (including phenoxy) is 1. The van der Waals surface area contributed by atoms with Crippen LogP contribution >= 0.6 is 23.2 Å². The molecule has 0 spiro atoms. The normalized spacial score (nSPS) is 19.3.